The van der Waals surface area contributed by atoms with Crippen molar-refractivity contribution in [2.24, 2.45) is 0 Å². The largest absolute Gasteiger partial charge is 0.311 e. The predicted molar refractivity (Wildman–Crippen MR) is 77.8 cm³/mol. The van der Waals surface area contributed by atoms with Gasteiger partial charge in [0.25, 0.3) is 0 Å². The number of nitrogens with one attached hydrogen (secondary N) is 1. The summed E-state index contributed by atoms with van der Waals surface area (Å²) in [5.74, 6) is -0.0967. The van der Waals surface area contributed by atoms with Crippen molar-refractivity contribution in [2.45, 2.75) is 52.2 Å². The van der Waals surface area contributed by atoms with E-state index in [4.69, 9.17) is 0 Å². The summed E-state index contributed by atoms with van der Waals surface area (Å²) in [5.41, 5.74) is 1.80. The monoisotopic (exact) mass is 264 g/mol. The Morgan fingerprint density at radius 1 is 1.47 bits per heavy atom. The van der Waals surface area contributed by atoms with E-state index in [2.05, 4.69) is 37.1 Å². The van der Waals surface area contributed by atoms with Crippen LogP contribution in [0.2, 0.25) is 0 Å². The molecule has 19 heavy (non-hydrogen) atoms. The van der Waals surface area contributed by atoms with Gasteiger partial charge in [-0.05, 0) is 44.4 Å². The molecule has 1 aliphatic rings. The molecular formula is C16H25FN2. The summed E-state index contributed by atoms with van der Waals surface area (Å²) in [7, 11) is 0. The van der Waals surface area contributed by atoms with Gasteiger partial charge in [-0.1, -0.05) is 19.1 Å². The molecule has 0 radical (unpaired) electrons. The lowest BCUT2D eigenvalue weighted by Gasteiger charge is -2.42. The van der Waals surface area contributed by atoms with E-state index in [0.717, 1.165) is 30.6 Å². The van der Waals surface area contributed by atoms with Gasteiger partial charge < -0.3 is 5.32 Å². The summed E-state index contributed by atoms with van der Waals surface area (Å²) < 4.78 is 13.7. The highest BCUT2D eigenvalue weighted by Gasteiger charge is 2.29. The van der Waals surface area contributed by atoms with Gasteiger partial charge in [0.05, 0.1) is 0 Å². The van der Waals surface area contributed by atoms with E-state index in [0.29, 0.717) is 12.1 Å². The van der Waals surface area contributed by atoms with Crippen molar-refractivity contribution >= 4 is 0 Å². The van der Waals surface area contributed by atoms with E-state index in [1.54, 1.807) is 6.07 Å². The first-order chi connectivity index (χ1) is 9.02. The zero-order valence-electron chi connectivity index (χ0n) is 12.4. The summed E-state index contributed by atoms with van der Waals surface area (Å²) in [6, 6.07) is 6.94. The van der Waals surface area contributed by atoms with Crippen LogP contribution in [0, 0.1) is 12.7 Å². The fourth-order valence-electron chi connectivity index (χ4n) is 2.90. The number of rotatable bonds is 3. The van der Waals surface area contributed by atoms with Crippen LogP contribution in [0.5, 0.6) is 0 Å². The Bertz CT molecular complexity index is 433. The molecule has 0 spiro atoms. The summed E-state index contributed by atoms with van der Waals surface area (Å²) in [6.07, 6.45) is 1.12. The minimum absolute atomic E-state index is 0.0967. The molecule has 1 aromatic carbocycles. The molecule has 3 heteroatoms. The SMILES string of the molecule is CCC1CNC(C)CN1C(C)c1ccc(C)c(F)c1. The van der Waals surface area contributed by atoms with Gasteiger partial charge >= 0.3 is 0 Å². The van der Waals surface area contributed by atoms with Gasteiger partial charge in [-0.25, -0.2) is 4.39 Å². The standard InChI is InChI=1S/C16H25FN2/c1-5-15-9-18-12(3)10-19(15)13(4)14-7-6-11(2)16(17)8-14/h6-8,12-13,15,18H,5,9-10H2,1-4H3. The second-order valence-electron chi connectivity index (χ2n) is 5.75. The molecule has 1 fully saturated rings. The normalized spacial score (nSPS) is 26.4. The molecule has 1 aromatic rings. The number of aryl methyl sites for hydroxylation is 1. The maximum absolute atomic E-state index is 13.7. The first kappa shape index (κ1) is 14.5. The lowest BCUT2D eigenvalue weighted by molar-refractivity contribution is 0.0903. The summed E-state index contributed by atoms with van der Waals surface area (Å²) in [4.78, 5) is 2.51. The van der Waals surface area contributed by atoms with Crippen LogP contribution in [0.25, 0.3) is 0 Å². The van der Waals surface area contributed by atoms with E-state index in [1.165, 1.54) is 0 Å². The van der Waals surface area contributed by atoms with Crippen molar-refractivity contribution in [1.29, 1.82) is 0 Å². The smallest absolute Gasteiger partial charge is 0.126 e. The molecule has 0 bridgehead atoms. The zero-order valence-corrected chi connectivity index (χ0v) is 12.4. The molecule has 2 rings (SSSR count). The molecule has 1 N–H and O–H groups in total. The highest BCUT2D eigenvalue weighted by molar-refractivity contribution is 5.25. The Kier molecular flexibility index (Phi) is 4.58. The third-order valence-corrected chi connectivity index (χ3v) is 4.30. The van der Waals surface area contributed by atoms with Crippen molar-refractivity contribution in [1.82, 2.24) is 10.2 Å². The van der Waals surface area contributed by atoms with Crippen molar-refractivity contribution in [2.75, 3.05) is 13.1 Å². The average Bonchev–Trinajstić information content (AvgIpc) is 2.41. The number of hydrogen-bond acceptors (Lipinski definition) is 2. The lowest BCUT2D eigenvalue weighted by Crippen LogP contribution is -2.55. The number of nitrogens with zero attached hydrogens (tertiary/aromatic N) is 1. The first-order valence-electron chi connectivity index (χ1n) is 7.28. The van der Waals surface area contributed by atoms with Crippen LogP contribution in [0.15, 0.2) is 18.2 Å². The molecule has 1 saturated heterocycles. The summed E-state index contributed by atoms with van der Waals surface area (Å²) in [6.45, 7) is 10.5. The molecule has 1 heterocycles. The highest BCUT2D eigenvalue weighted by Crippen LogP contribution is 2.26. The van der Waals surface area contributed by atoms with Gasteiger partial charge in [-0.15, -0.1) is 0 Å². The van der Waals surface area contributed by atoms with Crippen molar-refractivity contribution in [3.05, 3.63) is 35.1 Å². The number of halogens is 1. The number of piperazine rings is 1. The Morgan fingerprint density at radius 3 is 2.84 bits per heavy atom. The van der Waals surface area contributed by atoms with Crippen LogP contribution in [0.4, 0.5) is 4.39 Å². The minimum Gasteiger partial charge on any atom is -0.311 e. The molecule has 0 amide bonds. The second kappa shape index (κ2) is 6.02. The first-order valence-corrected chi connectivity index (χ1v) is 7.28. The number of benzene rings is 1. The van der Waals surface area contributed by atoms with Gasteiger partial charge in [-0.3, -0.25) is 4.90 Å². The Morgan fingerprint density at radius 2 is 2.21 bits per heavy atom. The Hall–Kier alpha value is -0.930. The van der Waals surface area contributed by atoms with E-state index in [1.807, 2.05) is 13.0 Å². The van der Waals surface area contributed by atoms with Crippen molar-refractivity contribution < 1.29 is 4.39 Å². The molecule has 106 valence electrons. The van der Waals surface area contributed by atoms with Crippen LogP contribution in [0.3, 0.4) is 0 Å². The molecule has 0 aliphatic carbocycles. The van der Waals surface area contributed by atoms with Crippen LogP contribution >= 0.6 is 0 Å². The molecule has 3 unspecified atom stereocenters. The molecule has 3 atom stereocenters. The maximum atomic E-state index is 13.7. The van der Waals surface area contributed by atoms with Crippen molar-refractivity contribution in [3.63, 3.8) is 0 Å². The minimum atomic E-state index is -0.0967. The fourth-order valence-corrected chi connectivity index (χ4v) is 2.90. The molecule has 0 saturated carbocycles. The van der Waals surface area contributed by atoms with Gasteiger partial charge in [0.1, 0.15) is 5.82 Å². The quantitative estimate of drug-likeness (QED) is 0.901. The van der Waals surface area contributed by atoms with Gasteiger partial charge in [0, 0.05) is 31.2 Å². The van der Waals surface area contributed by atoms with Crippen LogP contribution in [-0.2, 0) is 0 Å². The van der Waals surface area contributed by atoms with E-state index in [-0.39, 0.29) is 11.9 Å². The third-order valence-electron chi connectivity index (χ3n) is 4.30. The molecule has 0 aromatic heterocycles. The third kappa shape index (κ3) is 3.15. The van der Waals surface area contributed by atoms with E-state index in [9.17, 15) is 4.39 Å². The fraction of sp³-hybridized carbons (Fsp3) is 0.625. The second-order valence-corrected chi connectivity index (χ2v) is 5.75. The van der Waals surface area contributed by atoms with Crippen LogP contribution in [0.1, 0.15) is 44.4 Å². The average molecular weight is 264 g/mol. The summed E-state index contributed by atoms with van der Waals surface area (Å²) >= 11 is 0. The van der Waals surface area contributed by atoms with E-state index >= 15 is 0 Å². The lowest BCUT2D eigenvalue weighted by atomic mass is 9.99. The summed E-state index contributed by atoms with van der Waals surface area (Å²) in [5, 5.41) is 3.52. The van der Waals surface area contributed by atoms with Crippen LogP contribution < -0.4 is 5.32 Å². The van der Waals surface area contributed by atoms with E-state index < -0.39 is 0 Å². The zero-order chi connectivity index (χ0) is 14.0. The molecule has 2 nitrogen and oxygen atoms in total. The number of hydrogen-bond donors (Lipinski definition) is 1. The highest BCUT2D eigenvalue weighted by atomic mass is 19.1. The van der Waals surface area contributed by atoms with Crippen molar-refractivity contribution in [3.8, 4) is 0 Å². The Labute approximate surface area is 116 Å². The molecule has 1 aliphatic heterocycles. The Balaban J connectivity index is 2.20. The predicted octanol–water partition coefficient (Wildman–Crippen LogP) is 3.27. The topological polar surface area (TPSA) is 15.3 Å². The maximum Gasteiger partial charge on any atom is 0.126 e. The van der Waals surface area contributed by atoms with Crippen LogP contribution in [-0.4, -0.2) is 30.1 Å². The van der Waals surface area contributed by atoms with Gasteiger partial charge in [-0.2, -0.15) is 0 Å². The van der Waals surface area contributed by atoms with Gasteiger partial charge in [0.15, 0.2) is 0 Å². The van der Waals surface area contributed by atoms with Gasteiger partial charge in [0.2, 0.25) is 0 Å². The molecular weight excluding hydrogens is 239 g/mol.